The van der Waals surface area contributed by atoms with E-state index in [9.17, 15) is 9.50 Å². The maximum atomic E-state index is 13.8. The van der Waals surface area contributed by atoms with Gasteiger partial charge in [-0.3, -0.25) is 0 Å². The van der Waals surface area contributed by atoms with Gasteiger partial charge < -0.3 is 9.84 Å². The summed E-state index contributed by atoms with van der Waals surface area (Å²) in [6.07, 6.45) is 7.41. The molecule has 1 fully saturated rings. The Labute approximate surface area is 114 Å². The van der Waals surface area contributed by atoms with Crippen LogP contribution in [0.4, 0.5) is 4.39 Å². The summed E-state index contributed by atoms with van der Waals surface area (Å²) in [5.41, 5.74) is 0.386. The summed E-state index contributed by atoms with van der Waals surface area (Å²) in [5.74, 6) is 0.820. The molecule has 1 aromatic rings. The molecule has 1 atom stereocenters. The van der Waals surface area contributed by atoms with Crippen molar-refractivity contribution in [3.63, 3.8) is 0 Å². The van der Waals surface area contributed by atoms with Crippen molar-refractivity contribution in [3.05, 3.63) is 29.6 Å². The van der Waals surface area contributed by atoms with Crippen LogP contribution in [-0.4, -0.2) is 12.2 Å². The summed E-state index contributed by atoms with van der Waals surface area (Å²) >= 11 is 0. The van der Waals surface area contributed by atoms with Crippen LogP contribution in [0.3, 0.4) is 0 Å². The maximum Gasteiger partial charge on any atom is 0.132 e. The van der Waals surface area contributed by atoms with Crippen LogP contribution in [0.1, 0.15) is 56.6 Å². The lowest BCUT2D eigenvalue weighted by molar-refractivity contribution is 0.147. The molecule has 2 rings (SSSR count). The minimum Gasteiger partial charge on any atom is -0.497 e. The smallest absolute Gasteiger partial charge is 0.132 e. The van der Waals surface area contributed by atoms with Crippen LogP contribution >= 0.6 is 0 Å². The van der Waals surface area contributed by atoms with Gasteiger partial charge in [0, 0.05) is 11.6 Å². The third-order valence-electron chi connectivity index (χ3n) is 4.14. The van der Waals surface area contributed by atoms with Crippen molar-refractivity contribution in [1.82, 2.24) is 0 Å². The van der Waals surface area contributed by atoms with E-state index in [4.69, 9.17) is 4.74 Å². The fraction of sp³-hybridized carbons (Fsp3) is 0.625. The number of hydrogen-bond acceptors (Lipinski definition) is 2. The number of ether oxygens (including phenoxy) is 1. The molecule has 1 aliphatic carbocycles. The average molecular weight is 266 g/mol. The van der Waals surface area contributed by atoms with E-state index in [1.165, 1.54) is 45.3 Å². The maximum absolute atomic E-state index is 13.8. The van der Waals surface area contributed by atoms with Crippen molar-refractivity contribution in [2.75, 3.05) is 7.11 Å². The van der Waals surface area contributed by atoms with E-state index >= 15 is 0 Å². The van der Waals surface area contributed by atoms with Gasteiger partial charge >= 0.3 is 0 Å². The number of aliphatic hydroxyl groups is 1. The Morgan fingerprint density at radius 3 is 2.68 bits per heavy atom. The molecular formula is C16H23FO2. The lowest BCUT2D eigenvalue weighted by Crippen LogP contribution is -2.09. The van der Waals surface area contributed by atoms with E-state index in [2.05, 4.69) is 0 Å². The number of benzene rings is 1. The van der Waals surface area contributed by atoms with Gasteiger partial charge in [0.2, 0.25) is 0 Å². The molecule has 0 radical (unpaired) electrons. The first-order valence-electron chi connectivity index (χ1n) is 7.22. The van der Waals surface area contributed by atoms with Crippen molar-refractivity contribution in [2.45, 2.75) is 51.0 Å². The number of rotatable bonds is 5. The molecule has 1 N–H and O–H groups in total. The van der Waals surface area contributed by atoms with E-state index in [0.717, 1.165) is 6.42 Å². The minimum atomic E-state index is -0.701. The fourth-order valence-electron chi connectivity index (χ4n) is 2.93. The number of methoxy groups -OCH3 is 1. The number of hydrogen-bond donors (Lipinski definition) is 1. The van der Waals surface area contributed by atoms with Crippen LogP contribution in [0.15, 0.2) is 18.2 Å². The zero-order valence-electron chi connectivity index (χ0n) is 11.6. The molecule has 0 bridgehead atoms. The van der Waals surface area contributed by atoms with Gasteiger partial charge in [-0.05, 0) is 30.9 Å². The van der Waals surface area contributed by atoms with Gasteiger partial charge in [-0.25, -0.2) is 4.39 Å². The average Bonchev–Trinajstić information content (AvgIpc) is 2.45. The third-order valence-corrected chi connectivity index (χ3v) is 4.14. The van der Waals surface area contributed by atoms with Crippen molar-refractivity contribution in [2.24, 2.45) is 5.92 Å². The molecule has 1 aromatic carbocycles. The van der Waals surface area contributed by atoms with E-state index in [-0.39, 0.29) is 5.82 Å². The highest BCUT2D eigenvalue weighted by Gasteiger charge is 2.18. The standard InChI is InChI=1S/C16H23FO2/c1-19-13-8-9-14(15(17)11-13)16(18)10-7-12-5-3-2-4-6-12/h8-9,11-12,16,18H,2-7,10H2,1H3. The molecule has 1 unspecified atom stereocenters. The number of halogens is 1. The van der Waals surface area contributed by atoms with Crippen LogP contribution in [-0.2, 0) is 0 Å². The summed E-state index contributed by atoms with van der Waals surface area (Å²) in [6.45, 7) is 0. The van der Waals surface area contributed by atoms with Gasteiger partial charge in [0.05, 0.1) is 13.2 Å². The Bertz CT molecular complexity index is 400. The highest BCUT2D eigenvalue weighted by atomic mass is 19.1. The van der Waals surface area contributed by atoms with Crippen LogP contribution in [0.25, 0.3) is 0 Å². The summed E-state index contributed by atoms with van der Waals surface area (Å²) in [7, 11) is 1.51. The molecular weight excluding hydrogens is 243 g/mol. The number of aliphatic hydroxyl groups excluding tert-OH is 1. The molecule has 0 spiro atoms. The lowest BCUT2D eigenvalue weighted by atomic mass is 9.85. The minimum absolute atomic E-state index is 0.379. The predicted molar refractivity (Wildman–Crippen MR) is 73.7 cm³/mol. The molecule has 0 heterocycles. The van der Waals surface area contributed by atoms with E-state index in [0.29, 0.717) is 23.7 Å². The molecule has 1 aliphatic rings. The second-order valence-electron chi connectivity index (χ2n) is 5.48. The summed E-state index contributed by atoms with van der Waals surface area (Å²) < 4.78 is 18.8. The van der Waals surface area contributed by atoms with Crippen LogP contribution in [0.2, 0.25) is 0 Å². The first-order valence-corrected chi connectivity index (χ1v) is 7.22. The van der Waals surface area contributed by atoms with Crippen molar-refractivity contribution in [1.29, 1.82) is 0 Å². The first kappa shape index (κ1) is 14.3. The molecule has 106 valence electrons. The quantitative estimate of drug-likeness (QED) is 0.864. The highest BCUT2D eigenvalue weighted by molar-refractivity contribution is 5.30. The topological polar surface area (TPSA) is 29.5 Å². The Morgan fingerprint density at radius 2 is 2.05 bits per heavy atom. The third kappa shape index (κ3) is 3.93. The summed E-state index contributed by atoms with van der Waals surface area (Å²) in [6, 6.07) is 4.65. The second kappa shape index (κ2) is 6.90. The van der Waals surface area contributed by atoms with Gasteiger partial charge in [-0.1, -0.05) is 32.1 Å². The highest BCUT2D eigenvalue weighted by Crippen LogP contribution is 2.31. The van der Waals surface area contributed by atoms with Gasteiger partial charge in [0.25, 0.3) is 0 Å². The van der Waals surface area contributed by atoms with E-state index in [1.807, 2.05) is 0 Å². The summed E-state index contributed by atoms with van der Waals surface area (Å²) in [4.78, 5) is 0. The van der Waals surface area contributed by atoms with E-state index in [1.54, 1.807) is 12.1 Å². The van der Waals surface area contributed by atoms with E-state index < -0.39 is 6.10 Å². The fourth-order valence-corrected chi connectivity index (χ4v) is 2.93. The van der Waals surface area contributed by atoms with Gasteiger partial charge in [-0.15, -0.1) is 0 Å². The molecule has 1 saturated carbocycles. The zero-order valence-corrected chi connectivity index (χ0v) is 11.6. The van der Waals surface area contributed by atoms with Crippen molar-refractivity contribution in [3.8, 4) is 5.75 Å². The van der Waals surface area contributed by atoms with Crippen LogP contribution < -0.4 is 4.74 Å². The first-order chi connectivity index (χ1) is 9.20. The van der Waals surface area contributed by atoms with Crippen molar-refractivity contribution < 1.29 is 14.2 Å². The van der Waals surface area contributed by atoms with Gasteiger partial charge in [0.15, 0.2) is 0 Å². The predicted octanol–water partition coefficient (Wildman–Crippen LogP) is 4.23. The lowest BCUT2D eigenvalue weighted by Gasteiger charge is -2.22. The Hall–Kier alpha value is -1.09. The second-order valence-corrected chi connectivity index (χ2v) is 5.48. The molecule has 3 heteroatoms. The molecule has 0 aliphatic heterocycles. The Kier molecular flexibility index (Phi) is 5.20. The van der Waals surface area contributed by atoms with Crippen LogP contribution in [0.5, 0.6) is 5.75 Å². The normalized spacial score (nSPS) is 18.3. The Balaban J connectivity index is 1.89. The monoisotopic (exact) mass is 266 g/mol. The molecule has 0 amide bonds. The SMILES string of the molecule is COc1ccc(C(O)CCC2CCCCC2)c(F)c1. The molecule has 19 heavy (non-hydrogen) atoms. The Morgan fingerprint density at radius 1 is 1.32 bits per heavy atom. The zero-order chi connectivity index (χ0) is 13.7. The molecule has 2 nitrogen and oxygen atoms in total. The molecule has 0 saturated heterocycles. The van der Waals surface area contributed by atoms with Crippen LogP contribution in [0, 0.1) is 11.7 Å². The van der Waals surface area contributed by atoms with Gasteiger partial charge in [-0.2, -0.15) is 0 Å². The molecule has 0 aromatic heterocycles. The van der Waals surface area contributed by atoms with Gasteiger partial charge in [0.1, 0.15) is 11.6 Å². The van der Waals surface area contributed by atoms with Crippen molar-refractivity contribution >= 4 is 0 Å². The summed E-state index contributed by atoms with van der Waals surface area (Å²) in [5, 5.41) is 10.1. The largest absolute Gasteiger partial charge is 0.497 e.